The van der Waals surface area contributed by atoms with Crippen molar-refractivity contribution in [3.8, 4) is 0 Å². The van der Waals surface area contributed by atoms with Crippen LogP contribution in [0.15, 0.2) is 24.4 Å². The maximum Gasteiger partial charge on any atom is 0.152 e. The van der Waals surface area contributed by atoms with Crippen LogP contribution < -0.4 is 4.84 Å². The molecule has 3 nitrogen and oxygen atoms in total. The number of nitrogens with zero attached hydrogens (tertiary/aromatic N) is 1. The van der Waals surface area contributed by atoms with Gasteiger partial charge < -0.3 is 4.84 Å². The molecule has 1 aromatic carbocycles. The predicted molar refractivity (Wildman–Crippen MR) is 54.8 cm³/mol. The number of aromatic nitrogens is 1. The molecular weight excluding hydrogens is 202 g/mol. The molecule has 72 valence electrons. The molecule has 0 radical (unpaired) electrons. The van der Waals surface area contributed by atoms with Crippen molar-refractivity contribution in [2.24, 2.45) is 0 Å². The van der Waals surface area contributed by atoms with Gasteiger partial charge in [-0.15, -0.1) is 0 Å². The van der Waals surface area contributed by atoms with Crippen LogP contribution in [0.2, 0.25) is 5.02 Å². The van der Waals surface area contributed by atoms with Gasteiger partial charge >= 0.3 is 0 Å². The van der Waals surface area contributed by atoms with Gasteiger partial charge in [-0.25, -0.2) is 0 Å². The van der Waals surface area contributed by atoms with E-state index in [0.29, 0.717) is 10.6 Å². The van der Waals surface area contributed by atoms with E-state index in [9.17, 15) is 4.79 Å². The summed E-state index contributed by atoms with van der Waals surface area (Å²) < 4.78 is 1.49. The molecule has 0 bridgehead atoms. The van der Waals surface area contributed by atoms with Crippen LogP contribution in [0.25, 0.3) is 10.9 Å². The quantitative estimate of drug-likeness (QED) is 0.710. The van der Waals surface area contributed by atoms with Crippen LogP contribution in [0.3, 0.4) is 0 Å². The van der Waals surface area contributed by atoms with Crippen LogP contribution in [0.1, 0.15) is 10.4 Å². The van der Waals surface area contributed by atoms with Crippen molar-refractivity contribution in [2.45, 2.75) is 0 Å². The van der Waals surface area contributed by atoms with E-state index in [1.807, 2.05) is 6.07 Å². The largest absolute Gasteiger partial charge is 0.417 e. The summed E-state index contributed by atoms with van der Waals surface area (Å²) in [6.45, 7) is 0. The summed E-state index contributed by atoms with van der Waals surface area (Å²) in [5.74, 6) is 0. The zero-order valence-electron chi connectivity index (χ0n) is 7.53. The molecule has 2 aromatic rings. The second-order valence-corrected chi connectivity index (χ2v) is 3.25. The lowest BCUT2D eigenvalue weighted by molar-refractivity contribution is 0.112. The zero-order valence-corrected chi connectivity index (χ0v) is 8.28. The van der Waals surface area contributed by atoms with Crippen molar-refractivity contribution < 1.29 is 9.63 Å². The zero-order chi connectivity index (χ0) is 10.1. The molecule has 0 atom stereocenters. The van der Waals surface area contributed by atoms with Crippen LogP contribution in [0.5, 0.6) is 0 Å². The molecule has 4 heteroatoms. The third kappa shape index (κ3) is 1.17. The Kier molecular flexibility index (Phi) is 2.17. The first-order valence-corrected chi connectivity index (χ1v) is 4.45. The van der Waals surface area contributed by atoms with E-state index < -0.39 is 0 Å². The Bertz CT molecular complexity index is 490. The Balaban J connectivity index is 2.88. The van der Waals surface area contributed by atoms with E-state index in [0.717, 1.165) is 17.2 Å². The molecule has 1 aromatic heterocycles. The second kappa shape index (κ2) is 3.35. The van der Waals surface area contributed by atoms with Crippen LogP contribution in [0, 0.1) is 0 Å². The minimum Gasteiger partial charge on any atom is -0.417 e. The molecule has 0 saturated carbocycles. The highest BCUT2D eigenvalue weighted by Crippen LogP contribution is 2.26. The van der Waals surface area contributed by atoms with Crippen LogP contribution in [-0.2, 0) is 0 Å². The number of aldehydes is 1. The molecule has 1 heterocycles. The van der Waals surface area contributed by atoms with Crippen molar-refractivity contribution >= 4 is 28.8 Å². The van der Waals surface area contributed by atoms with Crippen molar-refractivity contribution in [2.75, 3.05) is 7.11 Å². The smallest absolute Gasteiger partial charge is 0.152 e. The van der Waals surface area contributed by atoms with Gasteiger partial charge in [-0.05, 0) is 6.07 Å². The number of para-hydroxylation sites is 1. The lowest BCUT2D eigenvalue weighted by Crippen LogP contribution is -2.03. The first kappa shape index (κ1) is 9.09. The maximum atomic E-state index is 10.7. The van der Waals surface area contributed by atoms with Gasteiger partial charge in [0, 0.05) is 10.9 Å². The van der Waals surface area contributed by atoms with Gasteiger partial charge in [0.25, 0.3) is 0 Å². The Labute approximate surface area is 85.8 Å². The Morgan fingerprint density at radius 2 is 2.29 bits per heavy atom. The topological polar surface area (TPSA) is 31.2 Å². The summed E-state index contributed by atoms with van der Waals surface area (Å²) in [7, 11) is 1.53. The van der Waals surface area contributed by atoms with Crippen molar-refractivity contribution in [3.05, 3.63) is 35.0 Å². The SMILES string of the molecule is COn1cc(C=O)c2cccc(Cl)c21. The Morgan fingerprint density at radius 1 is 1.50 bits per heavy atom. The summed E-state index contributed by atoms with van der Waals surface area (Å²) in [6.07, 6.45) is 2.40. The molecule has 0 saturated heterocycles. The third-order valence-electron chi connectivity index (χ3n) is 2.10. The molecule has 0 amide bonds. The fourth-order valence-corrected chi connectivity index (χ4v) is 1.73. The first-order valence-electron chi connectivity index (χ1n) is 4.07. The summed E-state index contributed by atoms with van der Waals surface area (Å²) in [5, 5.41) is 1.37. The van der Waals surface area contributed by atoms with Gasteiger partial charge in [-0.3, -0.25) is 4.79 Å². The van der Waals surface area contributed by atoms with Gasteiger partial charge in [-0.1, -0.05) is 23.7 Å². The standard InChI is InChI=1S/C10H8ClNO2/c1-14-12-5-7(6-13)8-3-2-4-9(11)10(8)12/h2-6H,1H3. The van der Waals surface area contributed by atoms with E-state index in [-0.39, 0.29) is 0 Å². The fraction of sp³-hybridized carbons (Fsp3) is 0.100. The van der Waals surface area contributed by atoms with Crippen LogP contribution >= 0.6 is 11.6 Å². The number of rotatable bonds is 2. The lowest BCUT2D eigenvalue weighted by atomic mass is 10.2. The summed E-state index contributed by atoms with van der Waals surface area (Å²) in [6, 6.07) is 5.39. The molecule has 0 spiro atoms. The number of fused-ring (bicyclic) bond motifs is 1. The van der Waals surface area contributed by atoms with Gasteiger partial charge in [0.05, 0.1) is 11.2 Å². The Morgan fingerprint density at radius 3 is 2.93 bits per heavy atom. The average Bonchev–Trinajstić information content (AvgIpc) is 2.57. The summed E-state index contributed by atoms with van der Waals surface area (Å²) >= 11 is 5.99. The second-order valence-electron chi connectivity index (χ2n) is 2.85. The Hall–Kier alpha value is -1.48. The lowest BCUT2D eigenvalue weighted by Gasteiger charge is -2.02. The van der Waals surface area contributed by atoms with Gasteiger partial charge in [0.1, 0.15) is 12.6 Å². The molecule has 0 aliphatic rings. The molecule has 2 rings (SSSR count). The third-order valence-corrected chi connectivity index (χ3v) is 2.40. The molecule has 0 aliphatic carbocycles. The maximum absolute atomic E-state index is 10.7. The molecule has 0 aliphatic heterocycles. The number of hydrogen-bond donors (Lipinski definition) is 0. The number of benzene rings is 1. The summed E-state index contributed by atoms with van der Waals surface area (Å²) in [5.41, 5.74) is 1.29. The van der Waals surface area contributed by atoms with Crippen molar-refractivity contribution in [1.29, 1.82) is 0 Å². The van der Waals surface area contributed by atoms with E-state index in [4.69, 9.17) is 16.4 Å². The molecule has 14 heavy (non-hydrogen) atoms. The number of carbonyl (C=O) groups is 1. The van der Waals surface area contributed by atoms with Gasteiger partial charge in [-0.2, -0.15) is 4.73 Å². The fourth-order valence-electron chi connectivity index (χ4n) is 1.47. The van der Waals surface area contributed by atoms with E-state index in [1.165, 1.54) is 11.8 Å². The van der Waals surface area contributed by atoms with Crippen molar-refractivity contribution in [3.63, 3.8) is 0 Å². The van der Waals surface area contributed by atoms with Crippen molar-refractivity contribution in [1.82, 2.24) is 4.73 Å². The number of halogens is 1. The van der Waals surface area contributed by atoms with Crippen LogP contribution in [-0.4, -0.2) is 18.1 Å². The molecule has 0 unspecified atom stereocenters. The summed E-state index contributed by atoms with van der Waals surface area (Å²) in [4.78, 5) is 15.8. The van der Waals surface area contributed by atoms with Crippen LogP contribution in [0.4, 0.5) is 0 Å². The first-order chi connectivity index (χ1) is 6.77. The molecule has 0 N–H and O–H groups in total. The van der Waals surface area contributed by atoms with E-state index in [2.05, 4.69) is 0 Å². The minimum absolute atomic E-state index is 0.567. The molecular formula is C10H8ClNO2. The normalized spacial score (nSPS) is 10.4. The number of hydrogen-bond acceptors (Lipinski definition) is 2. The highest BCUT2D eigenvalue weighted by Gasteiger charge is 2.10. The predicted octanol–water partition coefficient (Wildman–Crippen LogP) is 2.17. The minimum atomic E-state index is 0.567. The van der Waals surface area contributed by atoms with E-state index >= 15 is 0 Å². The number of carbonyl (C=O) groups excluding carboxylic acids is 1. The van der Waals surface area contributed by atoms with E-state index in [1.54, 1.807) is 18.3 Å². The van der Waals surface area contributed by atoms with Gasteiger partial charge in [0.2, 0.25) is 0 Å². The molecule has 0 fully saturated rings. The monoisotopic (exact) mass is 209 g/mol. The highest BCUT2D eigenvalue weighted by atomic mass is 35.5. The van der Waals surface area contributed by atoms with Gasteiger partial charge in [0.15, 0.2) is 6.29 Å². The average molecular weight is 210 g/mol. The highest BCUT2D eigenvalue weighted by molar-refractivity contribution is 6.35.